The van der Waals surface area contributed by atoms with E-state index in [0.717, 1.165) is 39.0 Å². The Balaban J connectivity index is 0.607. The smallest absolute Gasteiger partial charge is 0.340 e. The van der Waals surface area contributed by atoms with Crippen LogP contribution < -0.4 is 37.5 Å². The molecule has 0 saturated heterocycles. The molecular weight excluding hydrogens is 1190 g/mol. The minimum Gasteiger partial charge on any atom is -0.458 e. The van der Waals surface area contributed by atoms with Crippen LogP contribution in [0.2, 0.25) is 0 Å². The fourth-order valence-corrected chi connectivity index (χ4v) is 10.3. The predicted molar refractivity (Wildman–Crippen MR) is 322 cm³/mol. The van der Waals surface area contributed by atoms with Crippen LogP contribution in [0.1, 0.15) is 58.7 Å². The molecule has 0 spiro atoms. The number of aliphatic hydroxyl groups is 1. The molecule has 8 amide bonds. The van der Waals surface area contributed by atoms with Gasteiger partial charge in [-0.05, 0) is 54.2 Å². The van der Waals surface area contributed by atoms with Gasteiger partial charge in [-0.3, -0.25) is 48.1 Å². The van der Waals surface area contributed by atoms with Gasteiger partial charge in [-0.15, -0.1) is 0 Å². The van der Waals surface area contributed by atoms with Crippen molar-refractivity contribution in [3.8, 4) is 11.4 Å². The number of esters is 1. The number of carbonyl (C=O) groups excluding carboxylic acids is 9. The number of pyridine rings is 2. The summed E-state index contributed by atoms with van der Waals surface area (Å²) in [4.78, 5) is 132. The fourth-order valence-electron chi connectivity index (χ4n) is 10.3. The number of aliphatic hydroxyl groups excluding tert-OH is 1. The summed E-state index contributed by atoms with van der Waals surface area (Å²) in [7, 11) is 0. The highest BCUT2D eigenvalue weighted by atomic mass is 16.6. The van der Waals surface area contributed by atoms with E-state index in [9.17, 15) is 53.1 Å². The quantitative estimate of drug-likeness (QED) is 0.0140. The van der Waals surface area contributed by atoms with Gasteiger partial charge in [-0.2, -0.15) is 0 Å². The molecule has 5 heterocycles. The molecular formula is C62H77N9O20. The van der Waals surface area contributed by atoms with Crippen molar-refractivity contribution in [2.24, 2.45) is 0 Å². The summed E-state index contributed by atoms with van der Waals surface area (Å²) in [5.41, 5.74) is 5.82. The number of fused-ring (bicyclic) bond motifs is 5. The highest BCUT2D eigenvalue weighted by Gasteiger charge is 2.36. The van der Waals surface area contributed by atoms with E-state index in [1.165, 1.54) is 12.2 Å². The number of hydrogen-bond acceptors (Lipinski definition) is 21. The van der Waals surface area contributed by atoms with Gasteiger partial charge in [0.15, 0.2) is 6.10 Å². The molecule has 4 aromatic rings. The molecule has 0 radical (unpaired) electrons. The van der Waals surface area contributed by atoms with Gasteiger partial charge in [0.2, 0.25) is 35.4 Å². The molecule has 2 aromatic carbocycles. The summed E-state index contributed by atoms with van der Waals surface area (Å²) in [6, 6.07) is 13.0. The number of cyclic esters (lactones) is 1. The second-order valence-electron chi connectivity index (χ2n) is 21.2. The minimum absolute atomic E-state index is 0.0228. The number of benzene rings is 2. The number of nitrogens with one attached hydrogen (secondary N) is 6. The van der Waals surface area contributed by atoms with Gasteiger partial charge in [0.1, 0.15) is 12.6 Å². The number of anilines is 1. The molecule has 2 aromatic heterocycles. The first-order chi connectivity index (χ1) is 44.2. The number of ether oxygens (including phenoxy) is 9. The molecule has 29 nitrogen and oxygen atoms in total. The van der Waals surface area contributed by atoms with Crippen LogP contribution in [0.25, 0.3) is 22.3 Å². The van der Waals surface area contributed by atoms with Crippen molar-refractivity contribution in [1.82, 2.24) is 41.0 Å². The van der Waals surface area contributed by atoms with Gasteiger partial charge in [0.25, 0.3) is 17.4 Å². The topological polar surface area (TPSA) is 367 Å². The third kappa shape index (κ3) is 20.6. The minimum atomic E-state index is -1.57. The second kappa shape index (κ2) is 35.9. The van der Waals surface area contributed by atoms with Crippen molar-refractivity contribution < 1.29 is 90.9 Å². The number of rotatable bonds is 41. The van der Waals surface area contributed by atoms with Gasteiger partial charge in [0, 0.05) is 66.7 Å². The first-order valence-electron chi connectivity index (χ1n) is 30.2. The number of nitrogens with zero attached hydrogens (tertiary/aromatic N) is 3. The van der Waals surface area contributed by atoms with Crippen LogP contribution in [0.5, 0.6) is 0 Å². The molecule has 8 rings (SSSR count). The molecule has 29 heteroatoms. The van der Waals surface area contributed by atoms with Crippen LogP contribution >= 0.6 is 0 Å². The summed E-state index contributed by atoms with van der Waals surface area (Å²) < 4.78 is 50.4. The Labute approximate surface area is 523 Å². The Bertz CT molecular complexity index is 3300. The number of carbonyl (C=O) groups is 9. The zero-order valence-corrected chi connectivity index (χ0v) is 50.5. The van der Waals surface area contributed by atoms with E-state index in [1.54, 1.807) is 53.1 Å². The van der Waals surface area contributed by atoms with Gasteiger partial charge >= 0.3 is 5.97 Å². The molecule has 0 unspecified atom stereocenters. The van der Waals surface area contributed by atoms with Crippen LogP contribution in [0, 0.1) is 0 Å². The number of amides is 8. The summed E-state index contributed by atoms with van der Waals surface area (Å²) in [6.45, 7) is 4.45. The van der Waals surface area contributed by atoms with E-state index in [-0.39, 0.29) is 81.4 Å². The van der Waals surface area contributed by atoms with Gasteiger partial charge in [-0.25, -0.2) is 9.78 Å². The van der Waals surface area contributed by atoms with E-state index in [0.29, 0.717) is 128 Å². The van der Waals surface area contributed by atoms with E-state index in [1.807, 2.05) is 0 Å². The molecule has 3 aliphatic heterocycles. The van der Waals surface area contributed by atoms with Crippen molar-refractivity contribution in [3.05, 3.63) is 104 Å². The Kier molecular flexibility index (Phi) is 27.0. The molecule has 2 atom stereocenters. The number of hydrogen-bond donors (Lipinski definition) is 7. The molecule has 0 saturated carbocycles. The maximum Gasteiger partial charge on any atom is 0.340 e. The van der Waals surface area contributed by atoms with Crippen LogP contribution in [-0.2, 0) is 118 Å². The normalized spacial score (nSPS) is 14.8. The number of aromatic nitrogens is 2. The highest BCUT2D eigenvalue weighted by Crippen LogP contribution is 2.42. The molecule has 490 valence electrons. The summed E-state index contributed by atoms with van der Waals surface area (Å²) in [5.74, 6) is -4.85. The lowest BCUT2D eigenvalue weighted by molar-refractivity contribution is -0.157. The summed E-state index contributed by atoms with van der Waals surface area (Å²) >= 11 is 0. The van der Waals surface area contributed by atoms with Crippen LogP contribution in [0.4, 0.5) is 5.69 Å². The molecule has 0 fully saturated rings. The predicted octanol–water partition coefficient (Wildman–Crippen LogP) is -1.03. The summed E-state index contributed by atoms with van der Waals surface area (Å²) in [6.07, 6.45) is 2.95. The van der Waals surface area contributed by atoms with Crippen LogP contribution in [-0.4, -0.2) is 217 Å². The monoisotopic (exact) mass is 1270 g/mol. The van der Waals surface area contributed by atoms with Gasteiger partial charge in [0.05, 0.1) is 154 Å². The van der Waals surface area contributed by atoms with Crippen molar-refractivity contribution >= 4 is 69.8 Å². The first-order valence-corrected chi connectivity index (χ1v) is 30.2. The SMILES string of the molecule is O=C(CCN1C(=O)C=CC1=O)NCCOCCOCCOCCOCCOCCOCCOCCOCCC(=O)NCC(=O)NCC(=O)N[C@@H](Cc1ccccc1)C(=O)NCC(=O)Nc1ccc2nc3c(c4c2c1CCC4)Cn1c-3cc2c(c1=O)COC(=O)[C@H]2O. The maximum absolute atomic E-state index is 13.6. The largest absolute Gasteiger partial charge is 0.458 e. The lowest BCUT2D eigenvalue weighted by Gasteiger charge is -2.23. The lowest BCUT2D eigenvalue weighted by Crippen LogP contribution is -2.52. The Morgan fingerprint density at radius 3 is 1.79 bits per heavy atom. The maximum atomic E-state index is 13.6. The molecule has 7 N–H and O–H groups in total. The van der Waals surface area contributed by atoms with Crippen molar-refractivity contribution in [2.45, 2.75) is 63.8 Å². The number of aryl methyl sites for hydroxylation is 2. The Morgan fingerprint density at radius 2 is 1.15 bits per heavy atom. The average Bonchev–Trinajstić information content (AvgIpc) is 1.63. The summed E-state index contributed by atoms with van der Waals surface area (Å²) in [5, 5.41) is 27.2. The van der Waals surface area contributed by atoms with Gasteiger partial charge < -0.3 is 84.2 Å². The van der Waals surface area contributed by atoms with E-state index < -0.39 is 79.1 Å². The molecule has 1 aliphatic carbocycles. The van der Waals surface area contributed by atoms with E-state index in [4.69, 9.17) is 47.6 Å². The highest BCUT2D eigenvalue weighted by molar-refractivity contribution is 6.13. The van der Waals surface area contributed by atoms with E-state index in [2.05, 4.69) is 31.9 Å². The molecule has 0 bridgehead atoms. The van der Waals surface area contributed by atoms with Crippen LogP contribution in [0.15, 0.2) is 65.5 Å². The average molecular weight is 1270 g/mol. The zero-order valence-electron chi connectivity index (χ0n) is 50.5. The standard InChI is InChI=1S/C62H77N9O20/c72-50(13-16-70-55(77)11-12-56(70)78)63-15-18-84-20-22-86-24-26-88-28-30-90-32-31-89-29-27-87-25-23-85-21-19-83-17-14-51(73)64-35-52(74)65-36-53(75)68-48(33-40-5-2-1-3-6-40)60(80)66-37-54(76)67-46-9-10-47-57-41(7-4-8-42(46)57)44-38-71-49(58(44)69-47)34-43-45(61(71)81)39-91-62(82)59(43)79/h1-3,5-6,9-12,34,48,59,79H,4,7-8,13-33,35-39H2,(H,63,72)(H,64,73)(H,65,74)(H,66,80)(H,67,76)(H,68,75)/t48-,59-/m0/s1. The Morgan fingerprint density at radius 1 is 0.593 bits per heavy atom. The fraction of sp³-hybridized carbons (Fsp3) is 0.500. The molecule has 4 aliphatic rings. The van der Waals surface area contributed by atoms with Crippen molar-refractivity contribution in [2.75, 3.05) is 144 Å². The molecule has 91 heavy (non-hydrogen) atoms. The third-order valence-corrected chi connectivity index (χ3v) is 14.8. The first kappa shape index (κ1) is 68.5. The zero-order chi connectivity index (χ0) is 64.3. The lowest BCUT2D eigenvalue weighted by atomic mass is 9.86. The van der Waals surface area contributed by atoms with Gasteiger partial charge in [-0.1, -0.05) is 30.3 Å². The number of imide groups is 1. The van der Waals surface area contributed by atoms with E-state index >= 15 is 0 Å². The third-order valence-electron chi connectivity index (χ3n) is 14.8. The Hall–Kier alpha value is -8.39. The van der Waals surface area contributed by atoms with Crippen molar-refractivity contribution in [1.29, 1.82) is 0 Å². The van der Waals surface area contributed by atoms with Crippen LogP contribution in [0.3, 0.4) is 0 Å². The van der Waals surface area contributed by atoms with Crippen molar-refractivity contribution in [3.63, 3.8) is 0 Å². The second-order valence-corrected chi connectivity index (χ2v) is 21.2.